The van der Waals surface area contributed by atoms with E-state index in [1.165, 1.54) is 0 Å². The minimum absolute atomic E-state index is 0.775. The maximum atomic E-state index is 3.93. The van der Waals surface area contributed by atoms with Crippen LogP contribution in [0.25, 0.3) is 5.65 Å². The molecule has 0 aliphatic rings. The summed E-state index contributed by atoms with van der Waals surface area (Å²) in [6.45, 7) is 0. The van der Waals surface area contributed by atoms with Crippen LogP contribution >= 0.6 is 0 Å². The van der Waals surface area contributed by atoms with Crippen LogP contribution in [0, 0.1) is 0 Å². The van der Waals surface area contributed by atoms with Gasteiger partial charge in [0.15, 0.2) is 5.65 Å². The first-order chi connectivity index (χ1) is 4.38. The third-order valence-corrected chi connectivity index (χ3v) is 1.16. The molecule has 0 spiro atoms. The number of fused-ring (bicyclic) bond motifs is 1. The maximum Gasteiger partial charge on any atom is 0.199 e. The number of aryl methyl sites for hydroxylation is 1. The fourth-order valence-electron chi connectivity index (χ4n) is 0.734. The van der Waals surface area contributed by atoms with Crippen molar-refractivity contribution in [1.29, 1.82) is 0 Å². The zero-order valence-electron chi connectivity index (χ0n) is 4.89. The highest BCUT2D eigenvalue weighted by molar-refractivity contribution is 5.31. The SMILES string of the molecule is Cn1nnc2ccnn21. The van der Waals surface area contributed by atoms with E-state index >= 15 is 0 Å². The normalized spacial score (nSPS) is 10.8. The lowest BCUT2D eigenvalue weighted by Crippen LogP contribution is -2.01. The van der Waals surface area contributed by atoms with E-state index in [-0.39, 0.29) is 0 Å². The van der Waals surface area contributed by atoms with Gasteiger partial charge in [0.05, 0.1) is 13.2 Å². The molecule has 0 N–H and O–H groups in total. The van der Waals surface area contributed by atoms with Crippen molar-refractivity contribution < 1.29 is 0 Å². The Morgan fingerprint density at radius 3 is 3.22 bits per heavy atom. The average molecular weight is 123 g/mol. The second kappa shape index (κ2) is 1.31. The van der Waals surface area contributed by atoms with Gasteiger partial charge in [-0.25, -0.2) is 0 Å². The molecular formula is C4H5N5. The van der Waals surface area contributed by atoms with Gasteiger partial charge in [0.2, 0.25) is 0 Å². The van der Waals surface area contributed by atoms with Crippen LogP contribution in [0.2, 0.25) is 0 Å². The van der Waals surface area contributed by atoms with E-state index in [0.29, 0.717) is 0 Å². The second-order valence-electron chi connectivity index (χ2n) is 1.76. The summed E-state index contributed by atoms with van der Waals surface area (Å²) in [5.41, 5.74) is 0.775. The third kappa shape index (κ3) is 0.453. The molecule has 5 heteroatoms. The van der Waals surface area contributed by atoms with E-state index in [1.807, 2.05) is 0 Å². The minimum Gasteiger partial charge on any atom is -0.167 e. The van der Waals surface area contributed by atoms with E-state index in [0.717, 1.165) is 5.65 Å². The first-order valence-electron chi connectivity index (χ1n) is 2.57. The Morgan fingerprint density at radius 2 is 2.44 bits per heavy atom. The van der Waals surface area contributed by atoms with Gasteiger partial charge in [-0.1, -0.05) is 0 Å². The fourth-order valence-corrected chi connectivity index (χ4v) is 0.734. The smallest absolute Gasteiger partial charge is 0.167 e. The highest BCUT2D eigenvalue weighted by atomic mass is 15.7. The summed E-state index contributed by atoms with van der Waals surface area (Å²) in [4.78, 5) is 1.56. The molecule has 9 heavy (non-hydrogen) atoms. The van der Waals surface area contributed by atoms with Crippen LogP contribution in [0.4, 0.5) is 0 Å². The molecule has 5 nitrogen and oxygen atoms in total. The first kappa shape index (κ1) is 4.49. The van der Waals surface area contributed by atoms with Crippen LogP contribution in [0.1, 0.15) is 0 Å². The number of hydrogen-bond acceptors (Lipinski definition) is 3. The van der Waals surface area contributed by atoms with Gasteiger partial charge in [-0.3, -0.25) is 0 Å². The van der Waals surface area contributed by atoms with Crippen molar-refractivity contribution in [2.45, 2.75) is 0 Å². The van der Waals surface area contributed by atoms with Crippen molar-refractivity contribution in [2.24, 2.45) is 7.05 Å². The number of hydrogen-bond donors (Lipinski definition) is 0. The molecule has 2 rings (SSSR count). The van der Waals surface area contributed by atoms with Crippen molar-refractivity contribution in [3.05, 3.63) is 12.3 Å². The molecule has 0 aromatic carbocycles. The van der Waals surface area contributed by atoms with E-state index < -0.39 is 0 Å². The van der Waals surface area contributed by atoms with Crippen LogP contribution in [-0.4, -0.2) is 24.8 Å². The summed E-state index contributed by atoms with van der Waals surface area (Å²) in [6, 6.07) is 1.80. The fraction of sp³-hybridized carbons (Fsp3) is 0.250. The third-order valence-electron chi connectivity index (χ3n) is 1.16. The lowest BCUT2D eigenvalue weighted by Gasteiger charge is -1.84. The van der Waals surface area contributed by atoms with Crippen molar-refractivity contribution in [1.82, 2.24) is 24.8 Å². The van der Waals surface area contributed by atoms with E-state index in [4.69, 9.17) is 0 Å². The van der Waals surface area contributed by atoms with Crippen LogP contribution in [0.15, 0.2) is 12.3 Å². The van der Waals surface area contributed by atoms with Crippen LogP contribution in [-0.2, 0) is 7.05 Å². The highest BCUT2D eigenvalue weighted by Gasteiger charge is 1.96. The van der Waals surface area contributed by atoms with Crippen molar-refractivity contribution >= 4 is 5.65 Å². The Balaban J connectivity index is 2.99. The first-order valence-corrected chi connectivity index (χ1v) is 2.57. The summed E-state index contributed by atoms with van der Waals surface area (Å²) in [7, 11) is 1.78. The number of rotatable bonds is 0. The molecule has 2 aromatic rings. The molecule has 0 atom stereocenters. The molecule has 0 saturated carbocycles. The van der Waals surface area contributed by atoms with Crippen molar-refractivity contribution in [3.63, 3.8) is 0 Å². The van der Waals surface area contributed by atoms with E-state index in [1.54, 1.807) is 28.7 Å². The van der Waals surface area contributed by atoms with E-state index in [2.05, 4.69) is 15.4 Å². The monoisotopic (exact) mass is 123 g/mol. The summed E-state index contributed by atoms with van der Waals surface area (Å²) in [6.07, 6.45) is 1.68. The quantitative estimate of drug-likeness (QED) is 0.472. The Hall–Kier alpha value is -1.39. The van der Waals surface area contributed by atoms with Gasteiger partial charge in [-0.2, -0.15) is 9.90 Å². The molecule has 0 fully saturated rings. The molecule has 0 aliphatic carbocycles. The lowest BCUT2D eigenvalue weighted by atomic mass is 10.7. The average Bonchev–Trinajstić information content (AvgIpc) is 2.35. The molecule has 0 bridgehead atoms. The molecule has 0 saturated heterocycles. The van der Waals surface area contributed by atoms with Crippen molar-refractivity contribution in [3.8, 4) is 0 Å². The minimum atomic E-state index is 0.775. The lowest BCUT2D eigenvalue weighted by molar-refractivity contribution is 0.544. The summed E-state index contributed by atoms with van der Waals surface area (Å²) in [5, 5.41) is 11.4. The molecule has 2 heterocycles. The predicted molar refractivity (Wildman–Crippen MR) is 29.8 cm³/mol. The Morgan fingerprint density at radius 1 is 1.56 bits per heavy atom. The standard InChI is InChI=1S/C4H5N5/c1-8-7-6-4-2-3-5-9(4)8/h2-3H,1H3. The maximum absolute atomic E-state index is 3.93. The van der Waals surface area contributed by atoms with Gasteiger partial charge in [-0.05, 0) is 5.21 Å². The molecule has 0 amide bonds. The Bertz CT molecular complexity index is 318. The topological polar surface area (TPSA) is 48.0 Å². The molecular weight excluding hydrogens is 118 g/mol. The van der Waals surface area contributed by atoms with Gasteiger partial charge < -0.3 is 0 Å². The molecule has 0 radical (unpaired) electrons. The van der Waals surface area contributed by atoms with Gasteiger partial charge in [-0.15, -0.1) is 9.73 Å². The zero-order valence-corrected chi connectivity index (χ0v) is 4.89. The predicted octanol–water partition coefficient (Wildman–Crippen LogP) is -0.537. The van der Waals surface area contributed by atoms with E-state index in [9.17, 15) is 0 Å². The van der Waals surface area contributed by atoms with Gasteiger partial charge in [0.25, 0.3) is 0 Å². The van der Waals surface area contributed by atoms with Gasteiger partial charge >= 0.3 is 0 Å². The summed E-state index contributed by atoms with van der Waals surface area (Å²) in [5.74, 6) is 0. The molecule has 0 aliphatic heterocycles. The molecule has 46 valence electrons. The second-order valence-corrected chi connectivity index (χ2v) is 1.76. The highest BCUT2D eigenvalue weighted by Crippen LogP contribution is 1.91. The van der Waals surface area contributed by atoms with Crippen LogP contribution < -0.4 is 0 Å². The van der Waals surface area contributed by atoms with Gasteiger partial charge in [0, 0.05) is 6.07 Å². The summed E-state index contributed by atoms with van der Waals surface area (Å²) < 4.78 is 1.61. The number of aromatic nitrogens is 5. The molecule has 0 unspecified atom stereocenters. The number of nitrogens with zero attached hydrogens (tertiary/aromatic N) is 5. The summed E-state index contributed by atoms with van der Waals surface area (Å²) >= 11 is 0. The van der Waals surface area contributed by atoms with Crippen LogP contribution in [0.3, 0.4) is 0 Å². The Kier molecular flexibility index (Phi) is 0.652. The number of tetrazole rings is 1. The van der Waals surface area contributed by atoms with Crippen molar-refractivity contribution in [2.75, 3.05) is 0 Å². The largest absolute Gasteiger partial charge is 0.199 e. The van der Waals surface area contributed by atoms with Gasteiger partial charge in [0.1, 0.15) is 0 Å². The zero-order chi connectivity index (χ0) is 6.27. The Labute approximate surface area is 50.9 Å². The van der Waals surface area contributed by atoms with Crippen LogP contribution in [0.5, 0.6) is 0 Å². The molecule has 2 aromatic heterocycles.